The Bertz CT molecular complexity index is 449. The molecule has 0 saturated carbocycles. The SMILES string of the molecule is OCCCCCCCCCCCCCCCCCCCCCCCCCCCCCCCCOC1CCCCO1. The predicted octanol–water partition coefficient (Wildman–Crippen LogP) is 12.2. The first kappa shape index (κ1) is 37.9. The van der Waals surface area contributed by atoms with Crippen molar-refractivity contribution in [1.82, 2.24) is 0 Å². The summed E-state index contributed by atoms with van der Waals surface area (Å²) in [5, 5.41) is 8.79. The molecule has 0 amide bonds. The molecule has 0 aromatic rings. The van der Waals surface area contributed by atoms with Crippen LogP contribution >= 0.6 is 0 Å². The highest BCUT2D eigenvalue weighted by Crippen LogP contribution is 2.17. The first-order valence-electron chi connectivity index (χ1n) is 18.8. The first-order chi connectivity index (χ1) is 19.9. The minimum Gasteiger partial charge on any atom is -0.396 e. The van der Waals surface area contributed by atoms with Crippen LogP contribution in [0.3, 0.4) is 0 Å². The highest BCUT2D eigenvalue weighted by atomic mass is 16.7. The molecule has 0 aliphatic carbocycles. The number of hydrogen-bond acceptors (Lipinski definition) is 3. The quantitative estimate of drug-likeness (QED) is 0.0803. The number of aliphatic hydroxyl groups is 1. The van der Waals surface area contributed by atoms with Crippen LogP contribution in [0.5, 0.6) is 0 Å². The molecule has 1 N–H and O–H groups in total. The van der Waals surface area contributed by atoms with Crippen molar-refractivity contribution in [1.29, 1.82) is 0 Å². The van der Waals surface area contributed by atoms with Gasteiger partial charge in [0.15, 0.2) is 6.29 Å². The summed E-state index contributed by atoms with van der Waals surface area (Å²) in [6.45, 7) is 2.15. The largest absolute Gasteiger partial charge is 0.396 e. The van der Waals surface area contributed by atoms with E-state index in [1.165, 1.54) is 199 Å². The van der Waals surface area contributed by atoms with E-state index >= 15 is 0 Å². The molecule has 40 heavy (non-hydrogen) atoms. The summed E-state index contributed by atoms with van der Waals surface area (Å²) in [6.07, 6.45) is 46.0. The van der Waals surface area contributed by atoms with Gasteiger partial charge >= 0.3 is 0 Å². The van der Waals surface area contributed by atoms with Gasteiger partial charge in [-0.2, -0.15) is 0 Å². The minimum atomic E-state index is 0.0961. The van der Waals surface area contributed by atoms with Crippen molar-refractivity contribution in [2.45, 2.75) is 218 Å². The topological polar surface area (TPSA) is 38.7 Å². The van der Waals surface area contributed by atoms with Crippen LogP contribution in [0.2, 0.25) is 0 Å². The molecular weight excluding hydrogens is 492 g/mol. The fourth-order valence-electron chi connectivity index (χ4n) is 6.22. The van der Waals surface area contributed by atoms with Crippen molar-refractivity contribution < 1.29 is 14.6 Å². The molecule has 1 saturated heterocycles. The molecule has 0 bridgehead atoms. The van der Waals surface area contributed by atoms with Crippen LogP contribution in [0.15, 0.2) is 0 Å². The van der Waals surface area contributed by atoms with E-state index in [0.29, 0.717) is 6.61 Å². The Morgan fingerprint density at radius 2 is 0.700 bits per heavy atom. The fraction of sp³-hybridized carbons (Fsp3) is 1.00. The van der Waals surface area contributed by atoms with Crippen LogP contribution in [0, 0.1) is 0 Å². The Morgan fingerprint density at radius 1 is 0.400 bits per heavy atom. The second-order valence-corrected chi connectivity index (χ2v) is 13.0. The number of hydrogen-bond donors (Lipinski definition) is 1. The molecule has 0 aromatic carbocycles. The summed E-state index contributed by atoms with van der Waals surface area (Å²) in [4.78, 5) is 0. The van der Waals surface area contributed by atoms with Crippen molar-refractivity contribution >= 4 is 0 Å². The minimum absolute atomic E-state index is 0.0961. The monoisotopic (exact) mass is 567 g/mol. The van der Waals surface area contributed by atoms with E-state index in [1.54, 1.807) is 0 Å². The van der Waals surface area contributed by atoms with Crippen molar-refractivity contribution in [3.8, 4) is 0 Å². The third-order valence-corrected chi connectivity index (χ3v) is 8.99. The van der Waals surface area contributed by atoms with Crippen molar-refractivity contribution in [2.75, 3.05) is 19.8 Å². The lowest BCUT2D eigenvalue weighted by Gasteiger charge is -2.22. The molecule has 1 atom stereocenters. The Morgan fingerprint density at radius 3 is 0.975 bits per heavy atom. The van der Waals surface area contributed by atoms with Gasteiger partial charge in [-0.1, -0.05) is 180 Å². The lowest BCUT2D eigenvalue weighted by molar-refractivity contribution is -0.162. The van der Waals surface area contributed by atoms with Gasteiger partial charge in [0.05, 0.1) is 0 Å². The van der Waals surface area contributed by atoms with E-state index in [2.05, 4.69) is 0 Å². The Labute approximate surface area is 252 Å². The highest BCUT2D eigenvalue weighted by molar-refractivity contribution is 4.55. The second kappa shape index (κ2) is 33.4. The lowest BCUT2D eigenvalue weighted by atomic mass is 10.0. The molecule has 1 fully saturated rings. The smallest absolute Gasteiger partial charge is 0.157 e. The number of unbranched alkanes of at least 4 members (excludes halogenated alkanes) is 29. The molecule has 1 aliphatic rings. The van der Waals surface area contributed by atoms with Crippen molar-refractivity contribution in [3.63, 3.8) is 0 Å². The fourth-order valence-corrected chi connectivity index (χ4v) is 6.22. The number of rotatable bonds is 33. The summed E-state index contributed by atoms with van der Waals surface area (Å²) in [5.74, 6) is 0. The molecule has 1 heterocycles. The first-order valence-corrected chi connectivity index (χ1v) is 18.8. The molecule has 3 nitrogen and oxygen atoms in total. The molecule has 0 radical (unpaired) electrons. The summed E-state index contributed by atoms with van der Waals surface area (Å²) in [6, 6.07) is 0. The van der Waals surface area contributed by atoms with Crippen LogP contribution < -0.4 is 0 Å². The normalized spacial score (nSPS) is 15.7. The average molecular weight is 567 g/mol. The van der Waals surface area contributed by atoms with Gasteiger partial charge in [-0.25, -0.2) is 0 Å². The zero-order valence-corrected chi connectivity index (χ0v) is 27.3. The highest BCUT2D eigenvalue weighted by Gasteiger charge is 2.13. The van der Waals surface area contributed by atoms with E-state index in [0.717, 1.165) is 26.1 Å². The maximum Gasteiger partial charge on any atom is 0.157 e. The molecule has 0 spiro atoms. The third kappa shape index (κ3) is 29.4. The van der Waals surface area contributed by atoms with Gasteiger partial charge in [0, 0.05) is 19.8 Å². The van der Waals surface area contributed by atoms with E-state index < -0.39 is 0 Å². The van der Waals surface area contributed by atoms with Crippen LogP contribution in [0.1, 0.15) is 212 Å². The van der Waals surface area contributed by atoms with Gasteiger partial charge in [-0.3, -0.25) is 0 Å². The third-order valence-electron chi connectivity index (χ3n) is 8.99. The summed E-state index contributed by atoms with van der Waals surface area (Å²) in [5.41, 5.74) is 0. The summed E-state index contributed by atoms with van der Waals surface area (Å²) in [7, 11) is 0. The van der Waals surface area contributed by atoms with Gasteiger partial charge in [0.2, 0.25) is 0 Å². The Balaban J connectivity index is 1.60. The van der Waals surface area contributed by atoms with E-state index in [9.17, 15) is 0 Å². The maximum absolute atomic E-state index is 8.79. The maximum atomic E-state index is 8.79. The van der Waals surface area contributed by atoms with Crippen molar-refractivity contribution in [3.05, 3.63) is 0 Å². The molecule has 0 aromatic heterocycles. The van der Waals surface area contributed by atoms with Gasteiger partial charge in [0.1, 0.15) is 0 Å². The zero-order valence-electron chi connectivity index (χ0n) is 27.3. The van der Waals surface area contributed by atoms with Gasteiger partial charge in [-0.05, 0) is 32.1 Å². The van der Waals surface area contributed by atoms with Gasteiger partial charge < -0.3 is 14.6 Å². The predicted molar refractivity (Wildman–Crippen MR) is 175 cm³/mol. The molecular formula is C37H74O3. The van der Waals surface area contributed by atoms with Crippen LogP contribution in [-0.4, -0.2) is 31.2 Å². The standard InChI is InChI=1S/C37H74O3/c38-34-30-27-25-23-21-19-17-15-13-11-9-7-5-3-1-2-4-6-8-10-12-14-16-18-20-22-24-26-28-31-35-39-37-33-29-32-36-40-37/h37-38H,1-36H2. The van der Waals surface area contributed by atoms with Crippen LogP contribution in [-0.2, 0) is 9.47 Å². The van der Waals surface area contributed by atoms with E-state index in [4.69, 9.17) is 14.6 Å². The van der Waals surface area contributed by atoms with Gasteiger partial charge in [0.25, 0.3) is 0 Å². The lowest BCUT2D eigenvalue weighted by Crippen LogP contribution is -2.22. The Hall–Kier alpha value is -0.120. The Kier molecular flexibility index (Phi) is 31.6. The van der Waals surface area contributed by atoms with E-state index in [-0.39, 0.29) is 6.29 Å². The average Bonchev–Trinajstić information content (AvgIpc) is 2.98. The zero-order chi connectivity index (χ0) is 28.4. The van der Waals surface area contributed by atoms with Crippen LogP contribution in [0.25, 0.3) is 0 Å². The molecule has 1 aliphatic heterocycles. The van der Waals surface area contributed by atoms with Crippen molar-refractivity contribution in [2.24, 2.45) is 0 Å². The van der Waals surface area contributed by atoms with Crippen LogP contribution in [0.4, 0.5) is 0 Å². The van der Waals surface area contributed by atoms with Gasteiger partial charge in [-0.15, -0.1) is 0 Å². The van der Waals surface area contributed by atoms with E-state index in [1.807, 2.05) is 0 Å². The second-order valence-electron chi connectivity index (χ2n) is 13.0. The number of ether oxygens (including phenoxy) is 2. The number of aliphatic hydroxyl groups excluding tert-OH is 1. The summed E-state index contributed by atoms with van der Waals surface area (Å²) >= 11 is 0. The molecule has 1 rings (SSSR count). The molecule has 240 valence electrons. The molecule has 3 heteroatoms. The summed E-state index contributed by atoms with van der Waals surface area (Å²) < 4.78 is 11.4. The molecule has 1 unspecified atom stereocenters.